The van der Waals surface area contributed by atoms with E-state index in [9.17, 15) is 24.9 Å². The number of aliphatic carboxylic acids is 1. The number of phenols is 2. The first-order valence-electron chi connectivity index (χ1n) is 12.4. The molecular formula is C26H40N2O5. The van der Waals surface area contributed by atoms with Gasteiger partial charge in [0.25, 0.3) is 5.91 Å². The molecule has 1 aliphatic heterocycles. The molecule has 1 aromatic carbocycles. The third kappa shape index (κ3) is 5.45. The highest BCUT2D eigenvalue weighted by Gasteiger charge is 2.48. The van der Waals surface area contributed by atoms with E-state index in [4.69, 9.17) is 0 Å². The number of benzene rings is 1. The Hall–Kier alpha value is -2.28. The summed E-state index contributed by atoms with van der Waals surface area (Å²) in [6.07, 6.45) is 6.00. The number of likely N-dealkylation sites (tertiary alicyclic amines) is 1. The van der Waals surface area contributed by atoms with Gasteiger partial charge in [0.1, 0.15) is 17.0 Å². The van der Waals surface area contributed by atoms with Gasteiger partial charge in [-0.2, -0.15) is 0 Å². The maximum Gasteiger partial charge on any atom is 0.324 e. The summed E-state index contributed by atoms with van der Waals surface area (Å²) in [5.41, 5.74) is -0.0825. The summed E-state index contributed by atoms with van der Waals surface area (Å²) < 4.78 is 0. The summed E-state index contributed by atoms with van der Waals surface area (Å²) in [4.78, 5) is 27.4. The van der Waals surface area contributed by atoms with Crippen molar-refractivity contribution in [1.82, 2.24) is 10.2 Å². The van der Waals surface area contributed by atoms with Gasteiger partial charge in [0.2, 0.25) is 0 Å². The lowest BCUT2D eigenvalue weighted by molar-refractivity contribution is -0.149. The lowest BCUT2D eigenvalue weighted by Crippen LogP contribution is -2.62. The SMILES string of the molecule is CC(C)C[C@@](NC1CCN(C(=O)c2cc(C(C)C)c(O)cc2O)CC1)(C(=O)O)C1CCCC1. The van der Waals surface area contributed by atoms with Gasteiger partial charge >= 0.3 is 5.97 Å². The molecule has 184 valence electrons. The van der Waals surface area contributed by atoms with Gasteiger partial charge in [-0.1, -0.05) is 40.5 Å². The minimum atomic E-state index is -0.914. The lowest BCUT2D eigenvalue weighted by Gasteiger charge is -2.43. The summed E-state index contributed by atoms with van der Waals surface area (Å²) in [7, 11) is 0. The second-order valence-corrected chi connectivity index (χ2v) is 10.6. The van der Waals surface area contributed by atoms with Crippen molar-refractivity contribution in [2.24, 2.45) is 11.8 Å². The zero-order chi connectivity index (χ0) is 24.3. The van der Waals surface area contributed by atoms with Crippen molar-refractivity contribution in [2.45, 2.75) is 90.1 Å². The number of carboxylic acids is 1. The van der Waals surface area contributed by atoms with Crippen molar-refractivity contribution in [3.8, 4) is 11.5 Å². The Morgan fingerprint density at radius 2 is 1.64 bits per heavy atom. The van der Waals surface area contributed by atoms with E-state index in [2.05, 4.69) is 19.2 Å². The third-order valence-corrected chi connectivity index (χ3v) is 7.41. The van der Waals surface area contributed by atoms with Crippen LogP contribution in [-0.2, 0) is 4.79 Å². The van der Waals surface area contributed by atoms with Crippen LogP contribution >= 0.6 is 0 Å². The fourth-order valence-electron chi connectivity index (χ4n) is 5.72. The number of carbonyl (C=O) groups is 2. The van der Waals surface area contributed by atoms with Crippen LogP contribution in [0.5, 0.6) is 11.5 Å². The van der Waals surface area contributed by atoms with Crippen molar-refractivity contribution < 1.29 is 24.9 Å². The number of rotatable bonds is 8. The maximum absolute atomic E-state index is 13.1. The highest BCUT2D eigenvalue weighted by molar-refractivity contribution is 5.97. The van der Waals surface area contributed by atoms with Gasteiger partial charge in [-0.25, -0.2) is 0 Å². The average molecular weight is 461 g/mol. The molecule has 1 aromatic rings. The number of amides is 1. The molecule has 2 fully saturated rings. The van der Waals surface area contributed by atoms with Crippen LogP contribution in [0.2, 0.25) is 0 Å². The second-order valence-electron chi connectivity index (χ2n) is 10.6. The Bertz CT molecular complexity index is 854. The highest BCUT2D eigenvalue weighted by atomic mass is 16.4. The summed E-state index contributed by atoms with van der Waals surface area (Å²) in [6, 6.07) is 2.86. The number of nitrogens with zero attached hydrogens (tertiary/aromatic N) is 1. The molecule has 0 unspecified atom stereocenters. The number of phenolic OH excluding ortho intramolecular Hbond substituents is 2. The Morgan fingerprint density at radius 1 is 1.03 bits per heavy atom. The van der Waals surface area contributed by atoms with Crippen molar-refractivity contribution in [1.29, 1.82) is 0 Å². The molecule has 0 spiro atoms. The fourth-order valence-corrected chi connectivity index (χ4v) is 5.72. The van der Waals surface area contributed by atoms with Crippen LogP contribution in [0.1, 0.15) is 94.5 Å². The predicted octanol–water partition coefficient (Wildman–Crippen LogP) is 4.48. The van der Waals surface area contributed by atoms with Gasteiger partial charge in [0.15, 0.2) is 0 Å². The summed E-state index contributed by atoms with van der Waals surface area (Å²) in [6.45, 7) is 8.99. The largest absolute Gasteiger partial charge is 0.508 e. The smallest absolute Gasteiger partial charge is 0.324 e. The monoisotopic (exact) mass is 460 g/mol. The average Bonchev–Trinajstić information content (AvgIpc) is 3.28. The number of piperidine rings is 1. The topological polar surface area (TPSA) is 110 Å². The number of aromatic hydroxyl groups is 2. The van der Waals surface area contributed by atoms with Crippen molar-refractivity contribution in [2.75, 3.05) is 13.1 Å². The normalized spacial score (nSPS) is 19.9. The van der Waals surface area contributed by atoms with Crippen LogP contribution in [0.4, 0.5) is 0 Å². The van der Waals surface area contributed by atoms with Gasteiger partial charge < -0.3 is 20.2 Å². The van der Waals surface area contributed by atoms with Gasteiger partial charge in [0, 0.05) is 25.2 Å². The van der Waals surface area contributed by atoms with E-state index in [-0.39, 0.29) is 46.8 Å². The Balaban J connectivity index is 1.71. The molecule has 1 atom stereocenters. The first-order chi connectivity index (χ1) is 15.5. The second kappa shape index (κ2) is 10.3. The maximum atomic E-state index is 13.1. The number of hydrogen-bond donors (Lipinski definition) is 4. The van der Waals surface area contributed by atoms with Crippen LogP contribution in [0.15, 0.2) is 12.1 Å². The molecule has 3 rings (SSSR count). The van der Waals surface area contributed by atoms with E-state index < -0.39 is 11.5 Å². The molecular weight excluding hydrogens is 420 g/mol. The van der Waals surface area contributed by atoms with Gasteiger partial charge in [-0.3, -0.25) is 14.9 Å². The van der Waals surface area contributed by atoms with E-state index in [1.165, 1.54) is 6.07 Å². The molecule has 1 saturated carbocycles. The number of carbonyl (C=O) groups excluding carboxylic acids is 1. The zero-order valence-electron chi connectivity index (χ0n) is 20.4. The predicted molar refractivity (Wildman–Crippen MR) is 128 cm³/mol. The molecule has 2 aliphatic rings. The van der Waals surface area contributed by atoms with E-state index >= 15 is 0 Å². The molecule has 33 heavy (non-hydrogen) atoms. The molecule has 0 radical (unpaired) electrons. The number of hydrogen-bond acceptors (Lipinski definition) is 5. The first kappa shape index (κ1) is 25.3. The van der Waals surface area contributed by atoms with E-state index in [0.29, 0.717) is 37.9 Å². The highest BCUT2D eigenvalue weighted by Crippen LogP contribution is 2.39. The van der Waals surface area contributed by atoms with Crippen LogP contribution < -0.4 is 5.32 Å². The molecule has 1 aliphatic carbocycles. The van der Waals surface area contributed by atoms with E-state index in [1.54, 1.807) is 11.0 Å². The summed E-state index contributed by atoms with van der Waals surface area (Å²) in [5.74, 6) is -0.807. The van der Waals surface area contributed by atoms with E-state index in [0.717, 1.165) is 25.7 Å². The van der Waals surface area contributed by atoms with Crippen LogP contribution in [-0.4, -0.2) is 56.8 Å². The molecule has 1 saturated heterocycles. The molecule has 7 nitrogen and oxygen atoms in total. The van der Waals surface area contributed by atoms with Crippen LogP contribution in [0.25, 0.3) is 0 Å². The Kier molecular flexibility index (Phi) is 7.93. The van der Waals surface area contributed by atoms with Crippen LogP contribution in [0.3, 0.4) is 0 Å². The zero-order valence-corrected chi connectivity index (χ0v) is 20.4. The van der Waals surface area contributed by atoms with Crippen molar-refractivity contribution in [3.63, 3.8) is 0 Å². The molecule has 7 heteroatoms. The molecule has 1 heterocycles. The Morgan fingerprint density at radius 3 is 2.15 bits per heavy atom. The van der Waals surface area contributed by atoms with Gasteiger partial charge in [-0.05, 0) is 61.5 Å². The minimum Gasteiger partial charge on any atom is -0.508 e. The minimum absolute atomic E-state index is 0.0102. The number of carboxylic acid groups (broad SMARTS) is 1. The van der Waals surface area contributed by atoms with Gasteiger partial charge in [-0.15, -0.1) is 0 Å². The lowest BCUT2D eigenvalue weighted by atomic mass is 9.75. The summed E-state index contributed by atoms with van der Waals surface area (Å²) in [5, 5.41) is 34.2. The molecule has 1 amide bonds. The molecule has 0 bridgehead atoms. The van der Waals surface area contributed by atoms with Gasteiger partial charge in [0.05, 0.1) is 5.56 Å². The van der Waals surface area contributed by atoms with Crippen molar-refractivity contribution in [3.05, 3.63) is 23.3 Å². The molecule has 4 N–H and O–H groups in total. The molecule has 0 aromatic heterocycles. The fraction of sp³-hybridized carbons (Fsp3) is 0.692. The number of nitrogens with one attached hydrogen (secondary N) is 1. The Labute approximate surface area is 197 Å². The standard InChI is InChI=1S/C26H40N2O5/c1-16(2)15-26(25(32)33,18-7-5-6-8-18)27-19-9-11-28(12-10-19)24(31)21-13-20(17(3)4)22(29)14-23(21)30/h13-14,16-19,27,29-30H,5-12,15H2,1-4H3,(H,32,33)/t26-/m0/s1. The quantitative estimate of drug-likeness (QED) is 0.455. The van der Waals surface area contributed by atoms with Crippen LogP contribution in [0, 0.1) is 11.8 Å². The third-order valence-electron chi connectivity index (χ3n) is 7.41. The van der Waals surface area contributed by atoms with E-state index in [1.807, 2.05) is 13.8 Å². The van der Waals surface area contributed by atoms with Crippen molar-refractivity contribution >= 4 is 11.9 Å². The first-order valence-corrected chi connectivity index (χ1v) is 12.4. The summed E-state index contributed by atoms with van der Waals surface area (Å²) >= 11 is 0.